The summed E-state index contributed by atoms with van der Waals surface area (Å²) in [7, 11) is 1.65. The smallest absolute Gasteiger partial charge is 0.220 e. The van der Waals surface area contributed by atoms with Crippen molar-refractivity contribution in [1.82, 2.24) is 10.6 Å². The lowest BCUT2D eigenvalue weighted by Gasteiger charge is -2.06. The molecule has 19 heavy (non-hydrogen) atoms. The molecule has 0 fully saturated rings. The molecule has 0 aliphatic rings. The summed E-state index contributed by atoms with van der Waals surface area (Å²) in [6, 6.07) is 7.83. The molecule has 0 bridgehead atoms. The molecule has 0 aliphatic heterocycles. The van der Waals surface area contributed by atoms with Crippen molar-refractivity contribution in [3.63, 3.8) is 0 Å². The van der Waals surface area contributed by atoms with Gasteiger partial charge in [0.2, 0.25) is 5.91 Å². The Kier molecular flexibility index (Phi) is 7.66. The summed E-state index contributed by atoms with van der Waals surface area (Å²) in [6.45, 7) is 4.66. The van der Waals surface area contributed by atoms with E-state index in [4.69, 9.17) is 4.74 Å². The van der Waals surface area contributed by atoms with E-state index in [2.05, 4.69) is 17.6 Å². The average molecular weight is 264 g/mol. The van der Waals surface area contributed by atoms with Gasteiger partial charge in [0.1, 0.15) is 5.75 Å². The molecule has 4 nitrogen and oxygen atoms in total. The van der Waals surface area contributed by atoms with Gasteiger partial charge in [-0.3, -0.25) is 4.79 Å². The van der Waals surface area contributed by atoms with Crippen LogP contribution >= 0.6 is 0 Å². The topological polar surface area (TPSA) is 50.4 Å². The Bertz CT molecular complexity index is 363. The first-order chi connectivity index (χ1) is 9.26. The summed E-state index contributed by atoms with van der Waals surface area (Å²) in [5.41, 5.74) is 1.15. The van der Waals surface area contributed by atoms with Crippen LogP contribution in [0.15, 0.2) is 24.3 Å². The molecule has 0 unspecified atom stereocenters. The predicted molar refractivity (Wildman–Crippen MR) is 77.5 cm³/mol. The SMILES string of the molecule is CCCNCCNC(=O)CCc1ccc(OC)cc1. The van der Waals surface area contributed by atoms with Gasteiger partial charge in [-0.2, -0.15) is 0 Å². The standard InChI is InChI=1S/C15H24N2O2/c1-3-10-16-11-12-17-15(18)9-6-13-4-7-14(19-2)8-5-13/h4-5,7-8,16H,3,6,9-12H2,1-2H3,(H,17,18). The van der Waals surface area contributed by atoms with Crippen LogP contribution in [0.3, 0.4) is 0 Å². The lowest BCUT2D eigenvalue weighted by Crippen LogP contribution is -2.32. The third-order valence-electron chi connectivity index (χ3n) is 2.85. The molecule has 0 aliphatic carbocycles. The minimum absolute atomic E-state index is 0.106. The zero-order chi connectivity index (χ0) is 13.9. The Hall–Kier alpha value is -1.55. The lowest BCUT2D eigenvalue weighted by atomic mass is 10.1. The van der Waals surface area contributed by atoms with E-state index in [0.29, 0.717) is 13.0 Å². The summed E-state index contributed by atoms with van der Waals surface area (Å²) in [5.74, 6) is 0.948. The molecular formula is C15H24N2O2. The van der Waals surface area contributed by atoms with Gasteiger partial charge in [-0.25, -0.2) is 0 Å². The quantitative estimate of drug-likeness (QED) is 0.668. The van der Waals surface area contributed by atoms with Crippen LogP contribution in [0.5, 0.6) is 5.75 Å². The fraction of sp³-hybridized carbons (Fsp3) is 0.533. The molecule has 1 aromatic carbocycles. The maximum atomic E-state index is 11.6. The van der Waals surface area contributed by atoms with E-state index in [-0.39, 0.29) is 5.91 Å². The zero-order valence-corrected chi connectivity index (χ0v) is 11.9. The summed E-state index contributed by atoms with van der Waals surface area (Å²) >= 11 is 0. The molecule has 1 aromatic rings. The Morgan fingerprint density at radius 3 is 2.53 bits per heavy atom. The summed E-state index contributed by atoms with van der Waals surface area (Å²) < 4.78 is 5.09. The summed E-state index contributed by atoms with van der Waals surface area (Å²) in [5, 5.41) is 6.16. The van der Waals surface area contributed by atoms with Crippen molar-refractivity contribution in [2.75, 3.05) is 26.7 Å². The number of rotatable bonds is 9. The van der Waals surface area contributed by atoms with Crippen LogP contribution in [-0.2, 0) is 11.2 Å². The first kappa shape index (κ1) is 15.5. The van der Waals surface area contributed by atoms with E-state index in [9.17, 15) is 4.79 Å². The van der Waals surface area contributed by atoms with Crippen molar-refractivity contribution >= 4 is 5.91 Å². The fourth-order valence-electron chi connectivity index (χ4n) is 1.73. The molecule has 0 spiro atoms. The second-order valence-corrected chi connectivity index (χ2v) is 4.45. The number of methoxy groups -OCH3 is 1. The Morgan fingerprint density at radius 2 is 1.89 bits per heavy atom. The summed E-state index contributed by atoms with van der Waals surface area (Å²) in [6.07, 6.45) is 2.41. The molecule has 0 aromatic heterocycles. The molecule has 106 valence electrons. The zero-order valence-electron chi connectivity index (χ0n) is 11.9. The molecule has 0 atom stereocenters. The van der Waals surface area contributed by atoms with E-state index in [1.165, 1.54) is 0 Å². The van der Waals surface area contributed by atoms with Crippen LogP contribution < -0.4 is 15.4 Å². The molecule has 4 heteroatoms. The highest BCUT2D eigenvalue weighted by Crippen LogP contribution is 2.12. The molecule has 0 heterocycles. The first-order valence-electron chi connectivity index (χ1n) is 6.86. The Morgan fingerprint density at radius 1 is 1.16 bits per heavy atom. The minimum Gasteiger partial charge on any atom is -0.497 e. The second-order valence-electron chi connectivity index (χ2n) is 4.45. The fourth-order valence-corrected chi connectivity index (χ4v) is 1.73. The van der Waals surface area contributed by atoms with Crippen molar-refractivity contribution in [1.29, 1.82) is 0 Å². The van der Waals surface area contributed by atoms with Crippen molar-refractivity contribution in [3.8, 4) is 5.75 Å². The van der Waals surface area contributed by atoms with Crippen molar-refractivity contribution in [3.05, 3.63) is 29.8 Å². The highest BCUT2D eigenvalue weighted by atomic mass is 16.5. The number of aryl methyl sites for hydroxylation is 1. The van der Waals surface area contributed by atoms with E-state index in [0.717, 1.165) is 37.2 Å². The maximum Gasteiger partial charge on any atom is 0.220 e. The highest BCUT2D eigenvalue weighted by Gasteiger charge is 2.01. The average Bonchev–Trinajstić information content (AvgIpc) is 2.45. The van der Waals surface area contributed by atoms with Crippen molar-refractivity contribution in [2.45, 2.75) is 26.2 Å². The Labute approximate surface area is 115 Å². The number of carbonyl (C=O) groups is 1. The van der Waals surface area contributed by atoms with Gasteiger partial charge in [-0.05, 0) is 37.1 Å². The third-order valence-corrected chi connectivity index (χ3v) is 2.85. The van der Waals surface area contributed by atoms with Gasteiger partial charge in [0.15, 0.2) is 0 Å². The molecule has 1 amide bonds. The normalized spacial score (nSPS) is 10.2. The number of ether oxygens (including phenoxy) is 1. The minimum atomic E-state index is 0.106. The summed E-state index contributed by atoms with van der Waals surface area (Å²) in [4.78, 5) is 11.6. The van der Waals surface area contributed by atoms with Gasteiger partial charge < -0.3 is 15.4 Å². The largest absolute Gasteiger partial charge is 0.497 e. The number of benzene rings is 1. The van der Waals surface area contributed by atoms with Crippen LogP contribution in [0, 0.1) is 0 Å². The van der Waals surface area contributed by atoms with Gasteiger partial charge in [0.05, 0.1) is 7.11 Å². The molecule has 2 N–H and O–H groups in total. The monoisotopic (exact) mass is 264 g/mol. The molecule has 1 rings (SSSR count). The van der Waals surface area contributed by atoms with Gasteiger partial charge in [-0.15, -0.1) is 0 Å². The van der Waals surface area contributed by atoms with Crippen molar-refractivity contribution in [2.24, 2.45) is 0 Å². The van der Waals surface area contributed by atoms with Crippen LogP contribution in [0.4, 0.5) is 0 Å². The first-order valence-corrected chi connectivity index (χ1v) is 6.86. The molecule has 0 radical (unpaired) electrons. The van der Waals surface area contributed by atoms with Crippen LogP contribution in [0.25, 0.3) is 0 Å². The van der Waals surface area contributed by atoms with E-state index < -0.39 is 0 Å². The van der Waals surface area contributed by atoms with Crippen LogP contribution in [-0.4, -0.2) is 32.7 Å². The van der Waals surface area contributed by atoms with Crippen molar-refractivity contribution < 1.29 is 9.53 Å². The van der Waals surface area contributed by atoms with Gasteiger partial charge >= 0.3 is 0 Å². The molecule has 0 saturated heterocycles. The van der Waals surface area contributed by atoms with E-state index in [1.807, 2.05) is 24.3 Å². The highest BCUT2D eigenvalue weighted by molar-refractivity contribution is 5.76. The maximum absolute atomic E-state index is 11.6. The number of carbonyl (C=O) groups excluding carboxylic acids is 1. The number of nitrogens with one attached hydrogen (secondary N) is 2. The third kappa shape index (κ3) is 6.82. The lowest BCUT2D eigenvalue weighted by molar-refractivity contribution is -0.121. The van der Waals surface area contributed by atoms with Crippen LogP contribution in [0.2, 0.25) is 0 Å². The van der Waals surface area contributed by atoms with Crippen LogP contribution in [0.1, 0.15) is 25.3 Å². The number of hydrogen-bond acceptors (Lipinski definition) is 3. The molecular weight excluding hydrogens is 240 g/mol. The van der Waals surface area contributed by atoms with Gasteiger partial charge in [-0.1, -0.05) is 19.1 Å². The Balaban J connectivity index is 2.15. The van der Waals surface area contributed by atoms with Gasteiger partial charge in [0.25, 0.3) is 0 Å². The number of amides is 1. The van der Waals surface area contributed by atoms with E-state index in [1.54, 1.807) is 7.11 Å². The second kappa shape index (κ2) is 9.39. The van der Waals surface area contributed by atoms with Gasteiger partial charge in [0, 0.05) is 19.5 Å². The predicted octanol–water partition coefficient (Wildman–Crippen LogP) is 1.74. The van der Waals surface area contributed by atoms with E-state index >= 15 is 0 Å². The number of hydrogen-bond donors (Lipinski definition) is 2. The molecule has 0 saturated carbocycles.